The van der Waals surface area contributed by atoms with Crippen LogP contribution in [-0.2, 0) is 13.0 Å². The molecule has 19 heavy (non-hydrogen) atoms. The maximum atomic E-state index is 10.8. The molecule has 100 valence electrons. The van der Waals surface area contributed by atoms with Crippen LogP contribution in [0.5, 0.6) is 5.75 Å². The average Bonchev–Trinajstić information content (AvgIpc) is 2.86. The first kappa shape index (κ1) is 13.7. The van der Waals surface area contributed by atoms with Crippen molar-refractivity contribution >= 4 is 22.2 Å². The minimum Gasteiger partial charge on any atom is -0.485 e. The lowest BCUT2D eigenvalue weighted by molar-refractivity contribution is 0.112. The summed E-state index contributed by atoms with van der Waals surface area (Å²) in [4.78, 5) is 15.0. The summed E-state index contributed by atoms with van der Waals surface area (Å²) in [6.07, 6.45) is 2.49. The van der Waals surface area contributed by atoms with E-state index in [9.17, 15) is 4.79 Å². The number of halogens is 1. The first-order valence-electron chi connectivity index (χ1n) is 5.92. The Bertz CT molecular complexity index is 569. The lowest BCUT2D eigenvalue weighted by atomic mass is 10.2. The Morgan fingerprint density at radius 2 is 2.32 bits per heavy atom. The number of carbonyl (C=O) groups excluding carboxylic acids is 1. The average molecular weight is 325 g/mol. The van der Waals surface area contributed by atoms with Crippen LogP contribution < -0.4 is 4.74 Å². The fourth-order valence-electron chi connectivity index (χ4n) is 1.51. The second kappa shape index (κ2) is 6.47. The molecular weight excluding hydrogens is 312 g/mol. The van der Waals surface area contributed by atoms with Gasteiger partial charge in [-0.3, -0.25) is 4.79 Å². The van der Waals surface area contributed by atoms with Gasteiger partial charge in [0.1, 0.15) is 5.75 Å². The SMILES string of the molecule is CCCc1nc(COc2ccc(Br)c(C=O)c2)no1. The van der Waals surface area contributed by atoms with E-state index in [1.54, 1.807) is 18.2 Å². The van der Waals surface area contributed by atoms with Crippen molar-refractivity contribution in [2.45, 2.75) is 26.4 Å². The number of aryl methyl sites for hydroxylation is 1. The van der Waals surface area contributed by atoms with Gasteiger partial charge in [-0.05, 0) is 24.6 Å². The van der Waals surface area contributed by atoms with Gasteiger partial charge < -0.3 is 9.26 Å². The zero-order valence-electron chi connectivity index (χ0n) is 10.4. The number of nitrogens with zero attached hydrogens (tertiary/aromatic N) is 2. The third-order valence-corrected chi connectivity index (χ3v) is 3.16. The number of carbonyl (C=O) groups is 1. The first-order valence-corrected chi connectivity index (χ1v) is 6.71. The van der Waals surface area contributed by atoms with Gasteiger partial charge in [0.15, 0.2) is 12.9 Å². The lowest BCUT2D eigenvalue weighted by Gasteiger charge is -2.04. The molecule has 0 aliphatic carbocycles. The molecule has 0 spiro atoms. The predicted octanol–water partition coefficient (Wildman–Crippen LogP) is 3.18. The molecule has 6 heteroatoms. The second-order valence-corrected chi connectivity index (χ2v) is 4.80. The van der Waals surface area contributed by atoms with Crippen LogP contribution in [0.3, 0.4) is 0 Å². The Kier molecular flexibility index (Phi) is 4.68. The van der Waals surface area contributed by atoms with E-state index in [1.165, 1.54) is 0 Å². The third-order valence-electron chi connectivity index (χ3n) is 2.44. The molecule has 2 aromatic rings. The van der Waals surface area contributed by atoms with Gasteiger partial charge in [-0.1, -0.05) is 28.0 Å². The van der Waals surface area contributed by atoms with E-state index in [0.717, 1.165) is 23.6 Å². The zero-order chi connectivity index (χ0) is 13.7. The fraction of sp³-hybridized carbons (Fsp3) is 0.308. The Morgan fingerprint density at radius 1 is 1.47 bits per heavy atom. The van der Waals surface area contributed by atoms with Gasteiger partial charge in [-0.15, -0.1) is 0 Å². The maximum Gasteiger partial charge on any atom is 0.226 e. The molecule has 0 aliphatic heterocycles. The molecule has 5 nitrogen and oxygen atoms in total. The highest BCUT2D eigenvalue weighted by Gasteiger charge is 2.07. The van der Waals surface area contributed by atoms with Crippen LogP contribution in [0, 0.1) is 0 Å². The summed E-state index contributed by atoms with van der Waals surface area (Å²) < 4.78 is 11.3. The molecular formula is C13H13BrN2O3. The van der Waals surface area contributed by atoms with Crippen LogP contribution in [0.2, 0.25) is 0 Å². The summed E-state index contributed by atoms with van der Waals surface area (Å²) in [6, 6.07) is 5.19. The Labute approximate surface area is 119 Å². The van der Waals surface area contributed by atoms with Crippen molar-refractivity contribution in [3.63, 3.8) is 0 Å². The molecule has 0 aliphatic rings. The van der Waals surface area contributed by atoms with Gasteiger partial charge in [0, 0.05) is 16.5 Å². The van der Waals surface area contributed by atoms with Crippen molar-refractivity contribution in [2.75, 3.05) is 0 Å². The Balaban J connectivity index is 1.99. The highest BCUT2D eigenvalue weighted by atomic mass is 79.9. The normalized spacial score (nSPS) is 10.4. The monoisotopic (exact) mass is 324 g/mol. The summed E-state index contributed by atoms with van der Waals surface area (Å²) >= 11 is 3.28. The molecule has 0 N–H and O–H groups in total. The molecule has 0 bridgehead atoms. The third kappa shape index (κ3) is 3.64. The Hall–Kier alpha value is -1.69. The molecule has 0 amide bonds. The van der Waals surface area contributed by atoms with Crippen molar-refractivity contribution in [1.29, 1.82) is 0 Å². The minimum absolute atomic E-state index is 0.215. The quantitative estimate of drug-likeness (QED) is 0.763. The van der Waals surface area contributed by atoms with E-state index in [0.29, 0.717) is 23.0 Å². The topological polar surface area (TPSA) is 65.2 Å². The van der Waals surface area contributed by atoms with Crippen molar-refractivity contribution in [1.82, 2.24) is 10.1 Å². The predicted molar refractivity (Wildman–Crippen MR) is 72.2 cm³/mol. The number of rotatable bonds is 6. The van der Waals surface area contributed by atoms with Crippen LogP contribution in [0.15, 0.2) is 27.2 Å². The second-order valence-electron chi connectivity index (χ2n) is 3.94. The van der Waals surface area contributed by atoms with Gasteiger partial charge in [0.2, 0.25) is 11.7 Å². The van der Waals surface area contributed by atoms with Gasteiger partial charge in [-0.25, -0.2) is 0 Å². The smallest absolute Gasteiger partial charge is 0.226 e. The van der Waals surface area contributed by atoms with Gasteiger partial charge in [0.05, 0.1) is 0 Å². The fourth-order valence-corrected chi connectivity index (χ4v) is 1.85. The summed E-state index contributed by atoms with van der Waals surface area (Å²) in [5.74, 6) is 1.71. The van der Waals surface area contributed by atoms with Crippen molar-refractivity contribution < 1.29 is 14.1 Å². The van der Waals surface area contributed by atoms with E-state index in [2.05, 4.69) is 26.1 Å². The molecule has 0 saturated carbocycles. The number of ether oxygens (including phenoxy) is 1. The Morgan fingerprint density at radius 3 is 3.05 bits per heavy atom. The molecule has 0 unspecified atom stereocenters. The number of benzene rings is 1. The lowest BCUT2D eigenvalue weighted by Crippen LogP contribution is -1.98. The van der Waals surface area contributed by atoms with Crippen LogP contribution in [0.1, 0.15) is 35.4 Å². The number of aromatic nitrogens is 2. The maximum absolute atomic E-state index is 10.8. The van der Waals surface area contributed by atoms with E-state index >= 15 is 0 Å². The van der Waals surface area contributed by atoms with E-state index in [1.807, 2.05) is 6.92 Å². The zero-order valence-corrected chi connectivity index (χ0v) is 12.0. The summed E-state index contributed by atoms with van der Waals surface area (Å²) in [5.41, 5.74) is 0.539. The van der Waals surface area contributed by atoms with E-state index < -0.39 is 0 Å². The molecule has 0 fully saturated rings. The summed E-state index contributed by atoms with van der Waals surface area (Å²) in [6.45, 7) is 2.26. The van der Waals surface area contributed by atoms with Gasteiger partial charge in [0.25, 0.3) is 0 Å². The molecule has 0 saturated heterocycles. The van der Waals surface area contributed by atoms with Crippen molar-refractivity contribution in [3.8, 4) is 5.75 Å². The molecule has 1 heterocycles. The van der Waals surface area contributed by atoms with E-state index in [4.69, 9.17) is 9.26 Å². The van der Waals surface area contributed by atoms with Gasteiger partial charge in [-0.2, -0.15) is 4.98 Å². The molecule has 2 rings (SSSR count). The van der Waals surface area contributed by atoms with Crippen LogP contribution >= 0.6 is 15.9 Å². The summed E-state index contributed by atoms with van der Waals surface area (Å²) in [7, 11) is 0. The van der Waals surface area contributed by atoms with E-state index in [-0.39, 0.29) is 6.61 Å². The van der Waals surface area contributed by atoms with Crippen LogP contribution in [0.4, 0.5) is 0 Å². The minimum atomic E-state index is 0.215. The number of hydrogen-bond donors (Lipinski definition) is 0. The van der Waals surface area contributed by atoms with Crippen LogP contribution in [0.25, 0.3) is 0 Å². The molecule has 0 atom stereocenters. The van der Waals surface area contributed by atoms with Crippen molar-refractivity contribution in [3.05, 3.63) is 40.0 Å². The highest BCUT2D eigenvalue weighted by Crippen LogP contribution is 2.21. The first-order chi connectivity index (χ1) is 9.22. The summed E-state index contributed by atoms with van der Waals surface area (Å²) in [5, 5.41) is 3.82. The van der Waals surface area contributed by atoms with Crippen LogP contribution in [-0.4, -0.2) is 16.4 Å². The van der Waals surface area contributed by atoms with Gasteiger partial charge >= 0.3 is 0 Å². The molecule has 1 aromatic heterocycles. The van der Waals surface area contributed by atoms with Crippen molar-refractivity contribution in [2.24, 2.45) is 0 Å². The largest absolute Gasteiger partial charge is 0.485 e. The highest BCUT2D eigenvalue weighted by molar-refractivity contribution is 9.10. The standard InChI is InChI=1S/C13H13BrN2O3/c1-2-3-13-15-12(16-19-13)8-18-10-4-5-11(14)9(6-10)7-17/h4-7H,2-3,8H2,1H3. The number of aldehydes is 1. The molecule has 0 radical (unpaired) electrons. The molecule has 1 aromatic carbocycles. The number of hydrogen-bond acceptors (Lipinski definition) is 5.